The summed E-state index contributed by atoms with van der Waals surface area (Å²) in [5.41, 5.74) is 0. The molecule has 0 radical (unpaired) electrons. The Labute approximate surface area is 198 Å². The lowest BCUT2D eigenvalue weighted by atomic mass is 9.98. The Morgan fingerprint density at radius 2 is 1.31 bits per heavy atom. The van der Waals surface area contributed by atoms with E-state index in [4.69, 9.17) is 28.4 Å². The maximum atomic E-state index is 10.6. The van der Waals surface area contributed by atoms with Crippen LogP contribution in [0.1, 0.15) is 0 Å². The molecule has 16 heteroatoms. The van der Waals surface area contributed by atoms with Crippen LogP contribution in [-0.4, -0.2) is 158 Å². The molecule has 3 heterocycles. The Balaban J connectivity index is 1.78. The summed E-state index contributed by atoms with van der Waals surface area (Å²) < 4.78 is 31.6. The molecular weight excluding hydrogens is 484 g/mol. The zero-order chi connectivity index (χ0) is 26.0. The number of aliphatic hydroxyl groups is 10. The highest BCUT2D eigenvalue weighted by molar-refractivity contribution is 5.15. The molecule has 3 aliphatic heterocycles. The molecule has 0 aromatic carbocycles. The van der Waals surface area contributed by atoms with Gasteiger partial charge < -0.3 is 79.5 Å². The Hall–Kier alpha value is -1.22. The third-order valence-corrected chi connectivity index (χ3v) is 6.01. The van der Waals surface area contributed by atoms with Crippen molar-refractivity contribution in [2.75, 3.05) is 26.9 Å². The molecule has 0 saturated carbocycles. The van der Waals surface area contributed by atoms with Crippen molar-refractivity contribution in [2.45, 2.75) is 79.9 Å². The highest BCUT2D eigenvalue weighted by Crippen LogP contribution is 2.33. The van der Waals surface area contributed by atoms with E-state index in [-0.39, 0.29) is 0 Å². The Bertz CT molecular complexity index is 717. The molecule has 204 valence electrons. The Kier molecular flexibility index (Phi) is 9.63. The van der Waals surface area contributed by atoms with Crippen LogP contribution in [0.4, 0.5) is 0 Å². The molecule has 10 N–H and O–H groups in total. The molecule has 0 aromatic rings. The highest BCUT2D eigenvalue weighted by Gasteiger charge is 2.50. The molecule has 0 aliphatic carbocycles. The lowest BCUT2D eigenvalue weighted by Crippen LogP contribution is -2.62. The molecule has 2 saturated heterocycles. The van der Waals surface area contributed by atoms with Crippen LogP contribution in [0, 0.1) is 0 Å². The molecule has 16 nitrogen and oxygen atoms in total. The maximum absolute atomic E-state index is 10.6. The molecule has 35 heavy (non-hydrogen) atoms. The van der Waals surface area contributed by atoms with Crippen LogP contribution in [-0.2, 0) is 28.4 Å². The lowest BCUT2D eigenvalue weighted by Gasteiger charge is -2.44. The van der Waals surface area contributed by atoms with Gasteiger partial charge in [0, 0.05) is 7.11 Å². The van der Waals surface area contributed by atoms with Gasteiger partial charge in [-0.05, 0) is 0 Å². The van der Waals surface area contributed by atoms with Crippen LogP contribution in [0.2, 0.25) is 0 Å². The van der Waals surface area contributed by atoms with E-state index >= 15 is 0 Å². The lowest BCUT2D eigenvalue weighted by molar-refractivity contribution is -0.337. The van der Waals surface area contributed by atoms with Crippen molar-refractivity contribution in [2.24, 2.45) is 0 Å². The number of methoxy groups -OCH3 is 1. The van der Waals surface area contributed by atoms with E-state index in [1.807, 2.05) is 0 Å². The summed E-state index contributed by atoms with van der Waals surface area (Å²) in [5, 5.41) is 100.0. The zero-order valence-electron chi connectivity index (χ0n) is 18.5. The fourth-order valence-corrected chi connectivity index (χ4v) is 4.06. The van der Waals surface area contributed by atoms with Crippen molar-refractivity contribution < 1.29 is 79.5 Å². The van der Waals surface area contributed by atoms with Crippen molar-refractivity contribution in [3.63, 3.8) is 0 Å². The number of hydrogen-bond acceptors (Lipinski definition) is 16. The molecule has 3 aliphatic rings. The van der Waals surface area contributed by atoms with E-state index in [0.717, 1.165) is 0 Å². The van der Waals surface area contributed by atoms with Crippen molar-refractivity contribution in [1.29, 1.82) is 0 Å². The summed E-state index contributed by atoms with van der Waals surface area (Å²) in [6.45, 7) is -2.23. The number of rotatable bonds is 8. The largest absolute Gasteiger partial charge is 0.506 e. The number of aliphatic hydroxyl groups excluding tert-OH is 10. The maximum Gasteiger partial charge on any atom is 0.229 e. The average molecular weight is 516 g/mol. The van der Waals surface area contributed by atoms with Gasteiger partial charge in [-0.15, -0.1) is 0 Å². The van der Waals surface area contributed by atoms with Gasteiger partial charge in [-0.25, -0.2) is 0 Å². The van der Waals surface area contributed by atoms with Gasteiger partial charge in [0.05, 0.1) is 19.8 Å². The average Bonchev–Trinajstić information content (AvgIpc) is 2.85. The summed E-state index contributed by atoms with van der Waals surface area (Å²) in [7, 11) is 1.23. The van der Waals surface area contributed by atoms with Gasteiger partial charge in [0.25, 0.3) is 0 Å². The van der Waals surface area contributed by atoms with Gasteiger partial charge in [0.1, 0.15) is 54.9 Å². The van der Waals surface area contributed by atoms with Gasteiger partial charge in [0.15, 0.2) is 30.2 Å². The van der Waals surface area contributed by atoms with E-state index in [1.54, 1.807) is 0 Å². The van der Waals surface area contributed by atoms with Crippen molar-refractivity contribution >= 4 is 0 Å². The highest BCUT2D eigenvalue weighted by atomic mass is 16.7. The summed E-state index contributed by atoms with van der Waals surface area (Å²) >= 11 is 0. The molecule has 0 spiro atoms. The SMILES string of the molecule is CO[C@H]1C(CO)OC(OC2=C(O)[C@H](O)C(O[C@H]3C(CO)OC(O)[C@@H](O)C3O)OC2CO)[C@@H](O)C1O. The minimum absolute atomic E-state index is 0.585. The topological polar surface area (TPSA) is 258 Å². The molecular formula is C19H32O16. The Morgan fingerprint density at radius 1 is 0.714 bits per heavy atom. The van der Waals surface area contributed by atoms with E-state index in [9.17, 15) is 51.1 Å². The molecule has 13 atom stereocenters. The summed E-state index contributed by atoms with van der Waals surface area (Å²) in [6, 6.07) is 0. The minimum Gasteiger partial charge on any atom is -0.506 e. The van der Waals surface area contributed by atoms with E-state index in [1.165, 1.54) is 7.11 Å². The second-order valence-electron chi connectivity index (χ2n) is 8.22. The molecule has 0 aromatic heterocycles. The van der Waals surface area contributed by atoms with Crippen LogP contribution in [0.25, 0.3) is 0 Å². The standard InChI is InChI=1S/C19H32O16/c1-30-14-5(2-20)32-18(12(27)9(14)24)35-16-7(4-22)33-19(13(28)10(16)25)34-15-6(3-21)31-17(29)11(26)8(15)23/h5-9,11-15,17-29H,2-4H2,1H3/t5?,6?,7?,8?,9?,11-,12-,13-,14-,15-,17?,18?,19?/m0/s1. The second kappa shape index (κ2) is 11.9. The molecule has 8 unspecified atom stereocenters. The zero-order valence-corrected chi connectivity index (χ0v) is 18.5. The molecule has 2 fully saturated rings. The monoisotopic (exact) mass is 516 g/mol. The first-order chi connectivity index (χ1) is 16.6. The van der Waals surface area contributed by atoms with Crippen molar-refractivity contribution in [3.8, 4) is 0 Å². The van der Waals surface area contributed by atoms with Gasteiger partial charge >= 0.3 is 0 Å². The van der Waals surface area contributed by atoms with E-state index in [2.05, 4.69) is 0 Å². The number of ether oxygens (including phenoxy) is 6. The van der Waals surface area contributed by atoms with Crippen LogP contribution in [0.15, 0.2) is 11.5 Å². The minimum atomic E-state index is -2.01. The van der Waals surface area contributed by atoms with Gasteiger partial charge in [-0.3, -0.25) is 0 Å². The number of hydrogen-bond donors (Lipinski definition) is 10. The predicted molar refractivity (Wildman–Crippen MR) is 106 cm³/mol. The second-order valence-corrected chi connectivity index (χ2v) is 8.22. The summed E-state index contributed by atoms with van der Waals surface area (Å²) in [4.78, 5) is 0. The van der Waals surface area contributed by atoms with Gasteiger partial charge in [-0.2, -0.15) is 0 Å². The van der Waals surface area contributed by atoms with Crippen LogP contribution in [0.5, 0.6) is 0 Å². The van der Waals surface area contributed by atoms with Gasteiger partial charge in [0.2, 0.25) is 6.29 Å². The quantitative estimate of drug-likeness (QED) is 0.144. The van der Waals surface area contributed by atoms with Gasteiger partial charge in [-0.1, -0.05) is 0 Å². The summed E-state index contributed by atoms with van der Waals surface area (Å²) in [5.74, 6) is -1.51. The Morgan fingerprint density at radius 3 is 1.89 bits per heavy atom. The first-order valence-electron chi connectivity index (χ1n) is 10.7. The van der Waals surface area contributed by atoms with Crippen LogP contribution in [0.3, 0.4) is 0 Å². The van der Waals surface area contributed by atoms with Crippen LogP contribution >= 0.6 is 0 Å². The fourth-order valence-electron chi connectivity index (χ4n) is 4.06. The van der Waals surface area contributed by atoms with E-state index in [0.29, 0.717) is 0 Å². The third-order valence-electron chi connectivity index (χ3n) is 6.01. The molecule has 0 bridgehead atoms. The van der Waals surface area contributed by atoms with E-state index < -0.39 is 111 Å². The first kappa shape index (κ1) is 28.4. The van der Waals surface area contributed by atoms with Crippen LogP contribution < -0.4 is 0 Å². The molecule has 3 rings (SSSR count). The summed E-state index contributed by atoms with van der Waals surface area (Å²) in [6.07, 6.45) is -20.9. The van der Waals surface area contributed by atoms with Crippen molar-refractivity contribution in [1.82, 2.24) is 0 Å². The van der Waals surface area contributed by atoms with Crippen molar-refractivity contribution in [3.05, 3.63) is 11.5 Å². The molecule has 0 amide bonds. The smallest absolute Gasteiger partial charge is 0.229 e. The fraction of sp³-hybridized carbons (Fsp3) is 0.895. The normalized spacial score (nSPS) is 47.1. The first-order valence-corrected chi connectivity index (χ1v) is 10.7. The predicted octanol–water partition coefficient (Wildman–Crippen LogP) is -5.88. The third kappa shape index (κ3) is 5.55.